The summed E-state index contributed by atoms with van der Waals surface area (Å²) in [5.41, 5.74) is 0.592. The Morgan fingerprint density at radius 3 is 2.76 bits per heavy atom. The number of hydrogen-bond donors (Lipinski definition) is 2. The van der Waals surface area contributed by atoms with Crippen molar-refractivity contribution < 1.29 is 18.7 Å². The number of piperidine rings is 1. The van der Waals surface area contributed by atoms with Gasteiger partial charge in [0.2, 0.25) is 0 Å². The van der Waals surface area contributed by atoms with Crippen LogP contribution in [0.25, 0.3) is 0 Å². The maximum Gasteiger partial charge on any atom is 0.306 e. The molecule has 2 unspecified atom stereocenters. The van der Waals surface area contributed by atoms with E-state index in [0.29, 0.717) is 24.9 Å². The molecule has 0 aliphatic carbocycles. The summed E-state index contributed by atoms with van der Waals surface area (Å²) in [4.78, 5) is 10.9. The van der Waals surface area contributed by atoms with Gasteiger partial charge in [-0.15, -0.1) is 0 Å². The molecule has 1 heterocycles. The fraction of sp³-hybridized carbons (Fsp3) is 0.417. The maximum atomic E-state index is 13.1. The van der Waals surface area contributed by atoms with Crippen LogP contribution in [0.2, 0.25) is 0 Å². The van der Waals surface area contributed by atoms with Gasteiger partial charge in [-0.1, -0.05) is 6.07 Å². The lowest BCUT2D eigenvalue weighted by molar-refractivity contribution is -0.143. The van der Waals surface area contributed by atoms with Crippen molar-refractivity contribution in [1.82, 2.24) is 5.32 Å². The van der Waals surface area contributed by atoms with Crippen molar-refractivity contribution in [1.29, 1.82) is 0 Å². The first-order valence-corrected chi connectivity index (χ1v) is 5.49. The summed E-state index contributed by atoms with van der Waals surface area (Å²) in [5, 5.41) is 12.1. The van der Waals surface area contributed by atoms with Crippen LogP contribution in [0, 0.1) is 17.6 Å². The van der Waals surface area contributed by atoms with Crippen molar-refractivity contribution in [3.63, 3.8) is 0 Å². The second-order valence-corrected chi connectivity index (χ2v) is 4.24. The Morgan fingerprint density at radius 1 is 1.35 bits per heavy atom. The van der Waals surface area contributed by atoms with E-state index in [1.807, 2.05) is 0 Å². The Morgan fingerprint density at radius 2 is 2.12 bits per heavy atom. The molecular formula is C12H13F2NO2. The normalized spacial score (nSPS) is 24.6. The Kier molecular flexibility index (Phi) is 3.38. The predicted molar refractivity (Wildman–Crippen MR) is 57.5 cm³/mol. The molecule has 0 saturated carbocycles. The topological polar surface area (TPSA) is 49.3 Å². The highest BCUT2D eigenvalue weighted by atomic mass is 19.2. The fourth-order valence-corrected chi connectivity index (χ4v) is 2.12. The van der Waals surface area contributed by atoms with Crippen LogP contribution >= 0.6 is 0 Å². The quantitative estimate of drug-likeness (QED) is 0.833. The van der Waals surface area contributed by atoms with E-state index in [0.717, 1.165) is 12.1 Å². The minimum atomic E-state index is -0.901. The lowest BCUT2D eigenvalue weighted by atomic mass is 9.89. The van der Waals surface area contributed by atoms with Crippen molar-refractivity contribution in [3.8, 4) is 0 Å². The second kappa shape index (κ2) is 4.79. The van der Waals surface area contributed by atoms with E-state index >= 15 is 0 Å². The molecule has 5 heteroatoms. The number of carboxylic acids is 1. The third-order valence-electron chi connectivity index (χ3n) is 3.10. The summed E-state index contributed by atoms with van der Waals surface area (Å²) in [7, 11) is 0. The van der Waals surface area contributed by atoms with Gasteiger partial charge in [-0.05, 0) is 37.1 Å². The van der Waals surface area contributed by atoms with Gasteiger partial charge in [-0.2, -0.15) is 0 Å². The van der Waals surface area contributed by atoms with Crippen LogP contribution in [0.3, 0.4) is 0 Å². The van der Waals surface area contributed by atoms with E-state index in [1.165, 1.54) is 6.07 Å². The van der Waals surface area contributed by atoms with E-state index < -0.39 is 23.5 Å². The number of carbonyl (C=O) groups is 1. The number of halogens is 2. The number of nitrogens with one attached hydrogen (secondary N) is 1. The summed E-state index contributed by atoms with van der Waals surface area (Å²) in [6, 6.07) is 3.45. The molecule has 1 saturated heterocycles. The summed E-state index contributed by atoms with van der Waals surface area (Å²) >= 11 is 0. The zero-order chi connectivity index (χ0) is 12.4. The highest BCUT2D eigenvalue weighted by molar-refractivity contribution is 5.70. The van der Waals surface area contributed by atoms with Gasteiger partial charge in [-0.3, -0.25) is 4.79 Å². The van der Waals surface area contributed by atoms with Crippen LogP contribution in [0.5, 0.6) is 0 Å². The van der Waals surface area contributed by atoms with Gasteiger partial charge >= 0.3 is 5.97 Å². The molecule has 1 aromatic carbocycles. The van der Waals surface area contributed by atoms with Crippen molar-refractivity contribution in [3.05, 3.63) is 35.4 Å². The van der Waals surface area contributed by atoms with Crippen LogP contribution in [0.1, 0.15) is 24.4 Å². The van der Waals surface area contributed by atoms with Gasteiger partial charge < -0.3 is 10.4 Å². The van der Waals surface area contributed by atoms with Crippen molar-refractivity contribution in [2.75, 3.05) is 6.54 Å². The van der Waals surface area contributed by atoms with Crippen molar-refractivity contribution in [2.45, 2.75) is 18.9 Å². The SMILES string of the molecule is O=C(O)C1CCNC(c2ccc(F)c(F)c2)C1. The van der Waals surface area contributed by atoms with Gasteiger partial charge in [0.25, 0.3) is 0 Å². The van der Waals surface area contributed by atoms with Gasteiger partial charge in [0.05, 0.1) is 5.92 Å². The van der Waals surface area contributed by atoms with Crippen molar-refractivity contribution >= 4 is 5.97 Å². The maximum absolute atomic E-state index is 13.1. The first-order chi connectivity index (χ1) is 8.08. The Bertz CT molecular complexity index is 437. The van der Waals surface area contributed by atoms with E-state index in [4.69, 9.17) is 5.11 Å². The molecule has 17 heavy (non-hydrogen) atoms. The lowest BCUT2D eigenvalue weighted by Gasteiger charge is -2.28. The number of aliphatic carboxylic acids is 1. The average molecular weight is 241 g/mol. The summed E-state index contributed by atoms with van der Waals surface area (Å²) < 4.78 is 25.9. The molecule has 0 radical (unpaired) electrons. The van der Waals surface area contributed by atoms with E-state index in [9.17, 15) is 13.6 Å². The van der Waals surface area contributed by atoms with Crippen LogP contribution in [0.15, 0.2) is 18.2 Å². The number of rotatable bonds is 2. The minimum Gasteiger partial charge on any atom is -0.481 e. The van der Waals surface area contributed by atoms with Crippen LogP contribution in [-0.4, -0.2) is 17.6 Å². The predicted octanol–water partition coefficient (Wildman–Crippen LogP) is 2.09. The van der Waals surface area contributed by atoms with Crippen LogP contribution in [0.4, 0.5) is 8.78 Å². The molecule has 1 aliphatic heterocycles. The highest BCUT2D eigenvalue weighted by Gasteiger charge is 2.27. The standard InChI is InChI=1S/C12H13F2NO2/c13-9-2-1-7(5-10(9)14)11-6-8(12(16)17)3-4-15-11/h1-2,5,8,11,15H,3-4,6H2,(H,16,17). The summed E-state index contributed by atoms with van der Waals surface area (Å²) in [6.45, 7) is 0.570. The molecule has 92 valence electrons. The fourth-order valence-electron chi connectivity index (χ4n) is 2.12. The zero-order valence-corrected chi connectivity index (χ0v) is 9.12. The zero-order valence-electron chi connectivity index (χ0n) is 9.12. The third-order valence-corrected chi connectivity index (χ3v) is 3.10. The molecule has 1 aliphatic rings. The Balaban J connectivity index is 2.16. The number of carboxylic acid groups (broad SMARTS) is 1. The van der Waals surface area contributed by atoms with Gasteiger partial charge in [0.15, 0.2) is 11.6 Å². The molecule has 2 rings (SSSR count). The molecule has 0 aromatic heterocycles. The first kappa shape index (κ1) is 12.0. The molecule has 0 spiro atoms. The number of benzene rings is 1. The van der Waals surface area contributed by atoms with E-state index in [2.05, 4.69) is 5.32 Å². The summed E-state index contributed by atoms with van der Waals surface area (Å²) in [6.07, 6.45) is 0.968. The third kappa shape index (κ3) is 2.61. The molecular weight excluding hydrogens is 228 g/mol. The second-order valence-electron chi connectivity index (χ2n) is 4.24. The number of hydrogen-bond acceptors (Lipinski definition) is 2. The smallest absolute Gasteiger partial charge is 0.306 e. The molecule has 0 bridgehead atoms. The first-order valence-electron chi connectivity index (χ1n) is 5.49. The van der Waals surface area contributed by atoms with E-state index in [1.54, 1.807) is 0 Å². The molecule has 2 atom stereocenters. The molecule has 1 aromatic rings. The molecule has 0 amide bonds. The van der Waals surface area contributed by atoms with Gasteiger partial charge in [0, 0.05) is 6.04 Å². The Hall–Kier alpha value is -1.49. The average Bonchev–Trinajstić information content (AvgIpc) is 2.33. The van der Waals surface area contributed by atoms with Crippen LogP contribution in [-0.2, 0) is 4.79 Å². The van der Waals surface area contributed by atoms with Gasteiger partial charge in [-0.25, -0.2) is 8.78 Å². The van der Waals surface area contributed by atoms with Gasteiger partial charge in [0.1, 0.15) is 0 Å². The summed E-state index contributed by atoms with van der Waals surface area (Å²) in [5.74, 6) is -3.05. The van der Waals surface area contributed by atoms with Crippen molar-refractivity contribution in [2.24, 2.45) is 5.92 Å². The largest absolute Gasteiger partial charge is 0.481 e. The molecule has 1 fully saturated rings. The minimum absolute atomic E-state index is 0.222. The molecule has 2 N–H and O–H groups in total. The Labute approximate surface area is 97.5 Å². The van der Waals surface area contributed by atoms with E-state index in [-0.39, 0.29) is 6.04 Å². The lowest BCUT2D eigenvalue weighted by Crippen LogP contribution is -2.34. The highest BCUT2D eigenvalue weighted by Crippen LogP contribution is 2.28. The molecule has 3 nitrogen and oxygen atoms in total. The van der Waals surface area contributed by atoms with Crippen LogP contribution < -0.4 is 5.32 Å². The monoisotopic (exact) mass is 241 g/mol.